The monoisotopic (exact) mass is 428 g/mol. The number of benzene rings is 2. The highest BCUT2D eigenvalue weighted by molar-refractivity contribution is 5.90. The van der Waals surface area contributed by atoms with Crippen LogP contribution >= 0.6 is 0 Å². The zero-order valence-electron chi connectivity index (χ0n) is 19.4. The smallest absolute Gasteiger partial charge is 0.288 e. The van der Waals surface area contributed by atoms with Crippen LogP contribution in [-0.2, 0) is 5.54 Å². The van der Waals surface area contributed by atoms with E-state index >= 15 is 0 Å². The number of carbonyl (C=O) groups excluding carboxylic acids is 1. The van der Waals surface area contributed by atoms with Crippen molar-refractivity contribution in [2.45, 2.75) is 45.6 Å². The van der Waals surface area contributed by atoms with Gasteiger partial charge in [0.05, 0.1) is 5.69 Å². The highest BCUT2D eigenvalue weighted by Gasteiger charge is 2.33. The van der Waals surface area contributed by atoms with Gasteiger partial charge in [-0.05, 0) is 68.4 Å². The molecule has 1 heterocycles. The van der Waals surface area contributed by atoms with Crippen molar-refractivity contribution in [2.75, 3.05) is 7.05 Å². The van der Waals surface area contributed by atoms with Crippen LogP contribution in [0.1, 0.15) is 64.8 Å². The molecule has 32 heavy (non-hydrogen) atoms. The number of hydrogen-bond donors (Lipinski definition) is 2. The number of aromatic nitrogens is 2. The van der Waals surface area contributed by atoms with Crippen LogP contribution in [-0.4, -0.2) is 22.9 Å². The van der Waals surface area contributed by atoms with Gasteiger partial charge in [-0.25, -0.2) is 9.97 Å². The molecule has 5 nitrogen and oxygen atoms in total. The van der Waals surface area contributed by atoms with Crippen molar-refractivity contribution in [1.29, 1.82) is 0 Å². The summed E-state index contributed by atoms with van der Waals surface area (Å²) < 4.78 is 0. The Bertz CT molecular complexity index is 1080. The number of carbonyl (C=O) groups is 1. The summed E-state index contributed by atoms with van der Waals surface area (Å²) in [6.45, 7) is 6.06. The Kier molecular flexibility index (Phi) is 7.54. The van der Waals surface area contributed by atoms with Crippen LogP contribution in [0.3, 0.4) is 0 Å². The van der Waals surface area contributed by atoms with E-state index in [1.54, 1.807) is 13.2 Å². The van der Waals surface area contributed by atoms with Crippen molar-refractivity contribution in [3.05, 3.63) is 94.6 Å². The predicted molar refractivity (Wildman–Crippen MR) is 131 cm³/mol. The summed E-state index contributed by atoms with van der Waals surface area (Å²) in [4.78, 5) is 19.9. The van der Waals surface area contributed by atoms with Gasteiger partial charge in [0.2, 0.25) is 5.82 Å². The fraction of sp³-hybridized carbons (Fsp3) is 0.296. The van der Waals surface area contributed by atoms with E-state index in [1.807, 2.05) is 50.3 Å². The summed E-state index contributed by atoms with van der Waals surface area (Å²) in [5, 5.41) is 2.53. The van der Waals surface area contributed by atoms with Crippen molar-refractivity contribution in [2.24, 2.45) is 5.73 Å². The molecule has 0 bridgehead atoms. The molecule has 0 unspecified atom stereocenters. The molecule has 1 fully saturated rings. The molecular weight excluding hydrogens is 396 g/mol. The van der Waals surface area contributed by atoms with E-state index in [-0.39, 0.29) is 17.3 Å². The minimum absolute atomic E-state index is 0.00764. The Hall–Kier alpha value is -3.31. The summed E-state index contributed by atoms with van der Waals surface area (Å²) in [6.07, 6.45) is 7.22. The molecule has 3 aromatic rings. The summed E-state index contributed by atoms with van der Waals surface area (Å²) in [5.74, 6) is -0.0952. The normalized spacial score (nSPS) is 14.6. The van der Waals surface area contributed by atoms with Crippen molar-refractivity contribution in [1.82, 2.24) is 15.3 Å². The van der Waals surface area contributed by atoms with Gasteiger partial charge in [0.1, 0.15) is 0 Å². The van der Waals surface area contributed by atoms with Gasteiger partial charge in [0.15, 0.2) is 0 Å². The van der Waals surface area contributed by atoms with Gasteiger partial charge < -0.3 is 11.1 Å². The summed E-state index contributed by atoms with van der Waals surface area (Å²) in [5.41, 5.74) is 12.7. The van der Waals surface area contributed by atoms with Crippen LogP contribution in [0.4, 0.5) is 0 Å². The van der Waals surface area contributed by atoms with Crippen molar-refractivity contribution >= 4 is 17.6 Å². The molecule has 1 aliphatic carbocycles. The fourth-order valence-corrected chi connectivity index (χ4v) is 3.54. The molecule has 0 aliphatic heterocycles. The zero-order valence-corrected chi connectivity index (χ0v) is 19.4. The van der Waals surface area contributed by atoms with Crippen LogP contribution in [0.15, 0.2) is 60.8 Å². The first-order valence-corrected chi connectivity index (χ1v) is 11.0. The first-order valence-electron chi connectivity index (χ1n) is 11.0. The number of hydrogen-bond acceptors (Lipinski definition) is 4. The maximum absolute atomic E-state index is 11.6. The third-order valence-electron chi connectivity index (χ3n) is 5.90. The zero-order chi connectivity index (χ0) is 23.1. The highest BCUT2D eigenvalue weighted by Crippen LogP contribution is 2.38. The number of amides is 1. The third kappa shape index (κ3) is 5.68. The Morgan fingerprint density at radius 2 is 1.72 bits per heavy atom. The van der Waals surface area contributed by atoms with Crippen molar-refractivity contribution in [3.63, 3.8) is 0 Å². The van der Waals surface area contributed by atoms with Crippen molar-refractivity contribution < 1.29 is 4.79 Å². The predicted octanol–water partition coefficient (Wildman–Crippen LogP) is 5.04. The number of allylic oxidation sites excluding steroid dienone is 1. The van der Waals surface area contributed by atoms with Crippen LogP contribution in [0.2, 0.25) is 0 Å². The van der Waals surface area contributed by atoms with E-state index in [9.17, 15) is 4.79 Å². The standard InChI is InChI=1S/C16H17N3O.C11H15N/c1-11(13-7-5-4-6-8-13)9-14-12(2)10-18-15(19-14)16(20)17-3;1-9-3-5-10(6-4-9)11(12)7-2-8-11/h4-10H,1-3H3,(H,17,20);3-6H,2,7-8,12H2,1H3/b11-9+;. The molecule has 1 saturated carbocycles. The number of rotatable bonds is 4. The molecule has 1 aromatic heterocycles. The molecular formula is C27H32N4O. The maximum atomic E-state index is 11.6. The molecule has 5 heteroatoms. The highest BCUT2D eigenvalue weighted by atomic mass is 16.2. The molecule has 166 valence electrons. The second-order valence-electron chi connectivity index (χ2n) is 8.41. The van der Waals surface area contributed by atoms with Gasteiger partial charge in [-0.2, -0.15) is 0 Å². The van der Waals surface area contributed by atoms with Gasteiger partial charge in [-0.15, -0.1) is 0 Å². The maximum Gasteiger partial charge on any atom is 0.288 e. The van der Waals surface area contributed by atoms with E-state index in [0.717, 1.165) is 35.2 Å². The van der Waals surface area contributed by atoms with Gasteiger partial charge in [0, 0.05) is 18.8 Å². The summed E-state index contributed by atoms with van der Waals surface area (Å²) in [7, 11) is 1.57. The molecule has 3 N–H and O–H groups in total. The molecule has 0 spiro atoms. The lowest BCUT2D eigenvalue weighted by Crippen LogP contribution is -2.43. The van der Waals surface area contributed by atoms with E-state index in [1.165, 1.54) is 17.5 Å². The Balaban J connectivity index is 0.000000204. The lowest BCUT2D eigenvalue weighted by atomic mass is 9.73. The SMILES string of the molecule is CNC(=O)c1ncc(C)c(/C=C(\C)c2ccccc2)n1.Cc1ccc(C2(N)CCC2)cc1. The lowest BCUT2D eigenvalue weighted by Gasteiger charge is -2.38. The molecule has 0 saturated heterocycles. The Morgan fingerprint density at radius 1 is 1.06 bits per heavy atom. The second kappa shape index (κ2) is 10.3. The van der Waals surface area contributed by atoms with Crippen LogP contribution in [0.5, 0.6) is 0 Å². The van der Waals surface area contributed by atoms with E-state index in [2.05, 4.69) is 46.5 Å². The summed E-state index contributed by atoms with van der Waals surface area (Å²) in [6, 6.07) is 18.7. The van der Waals surface area contributed by atoms with Gasteiger partial charge in [-0.1, -0.05) is 60.2 Å². The second-order valence-corrected chi connectivity index (χ2v) is 8.41. The van der Waals surface area contributed by atoms with Crippen LogP contribution in [0, 0.1) is 13.8 Å². The topological polar surface area (TPSA) is 80.9 Å². The number of aryl methyl sites for hydroxylation is 2. The average Bonchev–Trinajstić information content (AvgIpc) is 2.80. The molecule has 4 rings (SSSR count). The van der Waals surface area contributed by atoms with Crippen molar-refractivity contribution in [3.8, 4) is 0 Å². The molecule has 0 radical (unpaired) electrons. The van der Waals surface area contributed by atoms with Crippen LogP contribution < -0.4 is 11.1 Å². The quantitative estimate of drug-likeness (QED) is 0.610. The minimum Gasteiger partial charge on any atom is -0.352 e. The Labute approximate surface area is 190 Å². The third-order valence-corrected chi connectivity index (χ3v) is 5.90. The van der Waals surface area contributed by atoms with Gasteiger partial charge >= 0.3 is 0 Å². The summed E-state index contributed by atoms with van der Waals surface area (Å²) >= 11 is 0. The number of nitrogens with zero attached hydrogens (tertiary/aromatic N) is 2. The average molecular weight is 429 g/mol. The number of nitrogens with two attached hydrogens (primary N) is 1. The van der Waals surface area contributed by atoms with E-state index in [0.29, 0.717) is 0 Å². The number of nitrogens with one attached hydrogen (secondary N) is 1. The first-order chi connectivity index (χ1) is 15.3. The fourth-order valence-electron chi connectivity index (χ4n) is 3.54. The molecule has 2 aromatic carbocycles. The van der Waals surface area contributed by atoms with Crippen LogP contribution in [0.25, 0.3) is 11.6 Å². The first kappa shape index (κ1) is 23.4. The van der Waals surface area contributed by atoms with Gasteiger partial charge in [0.25, 0.3) is 5.91 Å². The van der Waals surface area contributed by atoms with Gasteiger partial charge in [-0.3, -0.25) is 4.79 Å². The largest absolute Gasteiger partial charge is 0.352 e. The van der Waals surface area contributed by atoms with E-state index in [4.69, 9.17) is 5.73 Å². The lowest BCUT2D eigenvalue weighted by molar-refractivity contribution is 0.0952. The molecule has 0 atom stereocenters. The molecule has 1 aliphatic rings. The molecule has 1 amide bonds. The Morgan fingerprint density at radius 3 is 2.28 bits per heavy atom. The van der Waals surface area contributed by atoms with E-state index < -0.39 is 0 Å². The minimum atomic E-state index is -0.281.